The van der Waals surface area contributed by atoms with E-state index in [1.807, 2.05) is 0 Å². The molecule has 4 atom stereocenters. The highest BCUT2D eigenvalue weighted by atomic mass is 16.5. The Kier molecular flexibility index (Phi) is 6.31. The number of ether oxygens (including phenoxy) is 1. The summed E-state index contributed by atoms with van der Waals surface area (Å²) in [5, 5.41) is 3.58. The maximum absolute atomic E-state index is 5.65. The lowest BCUT2D eigenvalue weighted by Crippen LogP contribution is -2.51. The van der Waals surface area contributed by atoms with Gasteiger partial charge in [-0.15, -0.1) is 0 Å². The van der Waals surface area contributed by atoms with Crippen LogP contribution in [0.3, 0.4) is 0 Å². The number of morpholine rings is 1. The molecule has 118 valence electrons. The van der Waals surface area contributed by atoms with Crippen LogP contribution >= 0.6 is 0 Å². The van der Waals surface area contributed by atoms with Gasteiger partial charge in [-0.1, -0.05) is 20.8 Å². The highest BCUT2D eigenvalue weighted by molar-refractivity contribution is 4.88. The van der Waals surface area contributed by atoms with Gasteiger partial charge in [-0.25, -0.2) is 0 Å². The topological polar surface area (TPSA) is 24.5 Å². The van der Waals surface area contributed by atoms with Crippen LogP contribution in [0.15, 0.2) is 0 Å². The van der Waals surface area contributed by atoms with Crippen LogP contribution in [0.5, 0.6) is 0 Å². The number of hydrogen-bond donors (Lipinski definition) is 1. The second-order valence-corrected chi connectivity index (χ2v) is 7.10. The van der Waals surface area contributed by atoms with Crippen molar-refractivity contribution >= 4 is 0 Å². The molecule has 0 aromatic rings. The summed E-state index contributed by atoms with van der Waals surface area (Å²) in [6, 6.07) is 1.35. The van der Waals surface area contributed by atoms with Crippen molar-refractivity contribution in [2.45, 2.75) is 58.5 Å². The minimum Gasteiger partial charge on any atom is -0.378 e. The lowest BCUT2D eigenvalue weighted by atomic mass is 9.73. The van der Waals surface area contributed by atoms with Crippen LogP contribution < -0.4 is 5.32 Å². The van der Waals surface area contributed by atoms with Crippen LogP contribution in [0.1, 0.15) is 46.5 Å². The van der Waals surface area contributed by atoms with Gasteiger partial charge in [-0.3, -0.25) is 4.90 Å². The Morgan fingerprint density at radius 3 is 2.75 bits per heavy atom. The molecular formula is C17H34N2O. The molecule has 0 radical (unpaired) electrons. The molecule has 3 heteroatoms. The van der Waals surface area contributed by atoms with E-state index in [1.165, 1.54) is 32.2 Å². The van der Waals surface area contributed by atoms with E-state index in [9.17, 15) is 0 Å². The molecule has 0 bridgehead atoms. The molecule has 1 aliphatic carbocycles. The zero-order valence-corrected chi connectivity index (χ0v) is 13.9. The molecule has 1 heterocycles. The Balaban J connectivity index is 1.96. The average molecular weight is 282 g/mol. The second kappa shape index (κ2) is 7.77. The summed E-state index contributed by atoms with van der Waals surface area (Å²) in [5.41, 5.74) is 0. The molecule has 20 heavy (non-hydrogen) atoms. The predicted molar refractivity (Wildman–Crippen MR) is 85.0 cm³/mol. The van der Waals surface area contributed by atoms with E-state index in [0.717, 1.165) is 37.5 Å². The van der Waals surface area contributed by atoms with E-state index in [2.05, 4.69) is 38.0 Å². The van der Waals surface area contributed by atoms with Crippen molar-refractivity contribution in [3.05, 3.63) is 0 Å². The third kappa shape index (κ3) is 3.96. The fourth-order valence-corrected chi connectivity index (χ4v) is 4.09. The number of nitrogens with one attached hydrogen (secondary N) is 1. The summed E-state index contributed by atoms with van der Waals surface area (Å²) >= 11 is 0. The molecule has 0 spiro atoms. The average Bonchev–Trinajstić information content (AvgIpc) is 2.47. The molecule has 0 aromatic heterocycles. The molecule has 1 saturated carbocycles. The summed E-state index contributed by atoms with van der Waals surface area (Å²) in [4.78, 5) is 2.70. The molecule has 4 unspecified atom stereocenters. The van der Waals surface area contributed by atoms with Crippen molar-refractivity contribution < 1.29 is 4.74 Å². The van der Waals surface area contributed by atoms with Crippen LogP contribution in [0.2, 0.25) is 0 Å². The first-order chi connectivity index (χ1) is 9.65. The summed E-state index contributed by atoms with van der Waals surface area (Å²) in [5.74, 6) is 2.57. The molecule has 3 nitrogen and oxygen atoms in total. The van der Waals surface area contributed by atoms with E-state index in [0.29, 0.717) is 12.1 Å². The SMILES string of the molecule is CCC1COCCN1CC1CC(C(C)C)CCC1NC. The molecule has 2 fully saturated rings. The van der Waals surface area contributed by atoms with Gasteiger partial charge in [0.25, 0.3) is 0 Å². The lowest BCUT2D eigenvalue weighted by Gasteiger charge is -2.43. The quantitative estimate of drug-likeness (QED) is 0.839. The summed E-state index contributed by atoms with van der Waals surface area (Å²) in [6.45, 7) is 11.3. The molecule has 0 aromatic carbocycles. The first-order valence-corrected chi connectivity index (χ1v) is 8.64. The van der Waals surface area contributed by atoms with Crippen molar-refractivity contribution in [1.29, 1.82) is 0 Å². The standard InChI is InChI=1S/C17H34N2O/c1-5-16-12-20-9-8-19(16)11-15-10-14(13(2)3)6-7-17(15)18-4/h13-18H,5-12H2,1-4H3. The fourth-order valence-electron chi connectivity index (χ4n) is 4.09. The van der Waals surface area contributed by atoms with Crippen LogP contribution in [0.4, 0.5) is 0 Å². The van der Waals surface area contributed by atoms with Crippen molar-refractivity contribution in [1.82, 2.24) is 10.2 Å². The van der Waals surface area contributed by atoms with Gasteiger partial charge in [0.1, 0.15) is 0 Å². The Morgan fingerprint density at radius 2 is 2.10 bits per heavy atom. The third-order valence-electron chi connectivity index (χ3n) is 5.63. The van der Waals surface area contributed by atoms with Gasteiger partial charge in [-0.05, 0) is 50.5 Å². The third-order valence-corrected chi connectivity index (χ3v) is 5.63. The number of nitrogens with zero attached hydrogens (tertiary/aromatic N) is 1. The van der Waals surface area contributed by atoms with Gasteiger partial charge in [0.05, 0.1) is 13.2 Å². The smallest absolute Gasteiger partial charge is 0.0622 e. The van der Waals surface area contributed by atoms with Gasteiger partial charge in [0, 0.05) is 25.2 Å². The van der Waals surface area contributed by atoms with Crippen molar-refractivity contribution in [3.8, 4) is 0 Å². The summed E-state index contributed by atoms with van der Waals surface area (Å²) < 4.78 is 5.65. The minimum atomic E-state index is 0.640. The van der Waals surface area contributed by atoms with E-state index >= 15 is 0 Å². The van der Waals surface area contributed by atoms with Crippen molar-refractivity contribution in [2.24, 2.45) is 17.8 Å². The van der Waals surface area contributed by atoms with E-state index in [-0.39, 0.29) is 0 Å². The maximum Gasteiger partial charge on any atom is 0.0622 e. The number of hydrogen-bond acceptors (Lipinski definition) is 3. The van der Waals surface area contributed by atoms with Crippen LogP contribution in [0, 0.1) is 17.8 Å². The van der Waals surface area contributed by atoms with Gasteiger partial charge in [0.2, 0.25) is 0 Å². The van der Waals surface area contributed by atoms with E-state index in [4.69, 9.17) is 4.74 Å². The number of rotatable bonds is 5. The molecule has 1 N–H and O–H groups in total. The Labute approximate surface area is 125 Å². The first-order valence-electron chi connectivity index (χ1n) is 8.64. The summed E-state index contributed by atoms with van der Waals surface area (Å²) in [6.07, 6.45) is 5.37. The summed E-state index contributed by atoms with van der Waals surface area (Å²) in [7, 11) is 2.14. The normalized spacial score (nSPS) is 36.5. The van der Waals surface area contributed by atoms with Gasteiger partial charge in [0.15, 0.2) is 0 Å². The maximum atomic E-state index is 5.65. The largest absolute Gasteiger partial charge is 0.378 e. The molecular weight excluding hydrogens is 248 g/mol. The van der Waals surface area contributed by atoms with Crippen LogP contribution in [-0.4, -0.2) is 50.3 Å². The minimum absolute atomic E-state index is 0.640. The highest BCUT2D eigenvalue weighted by Crippen LogP contribution is 2.34. The first kappa shape index (κ1) is 16.3. The Hall–Kier alpha value is -0.120. The molecule has 1 saturated heterocycles. The lowest BCUT2D eigenvalue weighted by molar-refractivity contribution is -0.0231. The molecule has 2 rings (SSSR count). The van der Waals surface area contributed by atoms with Crippen LogP contribution in [-0.2, 0) is 4.74 Å². The monoisotopic (exact) mass is 282 g/mol. The second-order valence-electron chi connectivity index (χ2n) is 7.10. The van der Waals surface area contributed by atoms with Gasteiger partial charge in [-0.2, -0.15) is 0 Å². The van der Waals surface area contributed by atoms with Gasteiger partial charge < -0.3 is 10.1 Å². The highest BCUT2D eigenvalue weighted by Gasteiger charge is 2.33. The fraction of sp³-hybridized carbons (Fsp3) is 1.00. The van der Waals surface area contributed by atoms with E-state index in [1.54, 1.807) is 0 Å². The Bertz CT molecular complexity index is 282. The molecule has 1 aliphatic heterocycles. The van der Waals surface area contributed by atoms with Gasteiger partial charge >= 0.3 is 0 Å². The van der Waals surface area contributed by atoms with Crippen LogP contribution in [0.25, 0.3) is 0 Å². The molecule has 0 amide bonds. The van der Waals surface area contributed by atoms with E-state index < -0.39 is 0 Å². The predicted octanol–water partition coefficient (Wildman–Crippen LogP) is 2.76. The molecule has 2 aliphatic rings. The Morgan fingerprint density at radius 1 is 1.30 bits per heavy atom. The zero-order valence-electron chi connectivity index (χ0n) is 13.9. The van der Waals surface area contributed by atoms with Crippen molar-refractivity contribution in [3.63, 3.8) is 0 Å². The zero-order chi connectivity index (χ0) is 14.5. The van der Waals surface area contributed by atoms with Crippen molar-refractivity contribution in [2.75, 3.05) is 33.4 Å².